The Labute approximate surface area is 168 Å². The van der Waals surface area contributed by atoms with Crippen LogP contribution in [0.4, 0.5) is 0 Å². The number of thiocarbonyl (C=S) groups is 1. The fourth-order valence-electron chi connectivity index (χ4n) is 2.00. The van der Waals surface area contributed by atoms with E-state index in [-0.39, 0.29) is 0 Å². The van der Waals surface area contributed by atoms with E-state index < -0.39 is 0 Å². The Morgan fingerprint density at radius 3 is 2.62 bits per heavy atom. The van der Waals surface area contributed by atoms with Crippen molar-refractivity contribution in [3.8, 4) is 11.5 Å². The van der Waals surface area contributed by atoms with Crippen LogP contribution in [0.2, 0.25) is 10.0 Å². The van der Waals surface area contributed by atoms with E-state index in [0.717, 1.165) is 11.1 Å². The first-order valence-corrected chi connectivity index (χ1v) is 9.04. The van der Waals surface area contributed by atoms with Gasteiger partial charge >= 0.3 is 0 Å². The molecule has 0 bridgehead atoms. The van der Waals surface area contributed by atoms with Crippen molar-refractivity contribution >= 4 is 46.7 Å². The largest absolute Gasteiger partial charge is 0.490 e. The molecule has 0 aliphatic carbocycles. The molecule has 0 saturated carbocycles. The highest BCUT2D eigenvalue weighted by atomic mass is 35.5. The summed E-state index contributed by atoms with van der Waals surface area (Å²) in [6.07, 6.45) is 1.65. The average molecular weight is 412 g/mol. The third-order valence-corrected chi connectivity index (χ3v) is 4.29. The summed E-state index contributed by atoms with van der Waals surface area (Å²) in [4.78, 5) is 0. The van der Waals surface area contributed by atoms with Gasteiger partial charge in [0.25, 0.3) is 0 Å². The van der Waals surface area contributed by atoms with Gasteiger partial charge in [-0.1, -0.05) is 29.3 Å². The number of nitrogens with zero attached hydrogens (tertiary/aromatic N) is 1. The zero-order valence-electron chi connectivity index (χ0n) is 14.4. The monoisotopic (exact) mass is 411 g/mol. The lowest BCUT2D eigenvalue weighted by Crippen LogP contribution is -2.28. The minimum absolute atomic E-state index is 0.350. The van der Waals surface area contributed by atoms with E-state index in [9.17, 15) is 0 Å². The smallest absolute Gasteiger partial charge is 0.186 e. The number of rotatable bonds is 7. The zero-order valence-corrected chi connectivity index (χ0v) is 16.7. The fraction of sp³-hybridized carbons (Fsp3) is 0.222. The van der Waals surface area contributed by atoms with Crippen molar-refractivity contribution in [3.63, 3.8) is 0 Å². The molecule has 0 fully saturated rings. The summed E-state index contributed by atoms with van der Waals surface area (Å²) in [5.74, 6) is 1.27. The summed E-state index contributed by atoms with van der Waals surface area (Å²) in [6, 6.07) is 10.9. The predicted octanol–water partition coefficient (Wildman–Crippen LogP) is 4.40. The molecule has 0 aliphatic heterocycles. The van der Waals surface area contributed by atoms with E-state index in [1.54, 1.807) is 25.4 Å². The van der Waals surface area contributed by atoms with Crippen LogP contribution in [0.3, 0.4) is 0 Å². The van der Waals surface area contributed by atoms with Gasteiger partial charge in [-0.05, 0) is 60.6 Å². The molecule has 0 heterocycles. The number of hydrogen-bond donors (Lipinski definition) is 2. The molecule has 2 rings (SSSR count). The molecule has 138 valence electrons. The van der Waals surface area contributed by atoms with E-state index in [1.165, 1.54) is 0 Å². The lowest BCUT2D eigenvalue weighted by molar-refractivity contribution is 0.269. The molecule has 0 amide bonds. The normalized spacial score (nSPS) is 10.6. The van der Waals surface area contributed by atoms with Gasteiger partial charge in [-0.15, -0.1) is 0 Å². The summed E-state index contributed by atoms with van der Waals surface area (Å²) < 4.78 is 11.5. The van der Waals surface area contributed by atoms with Gasteiger partial charge in [-0.2, -0.15) is 5.10 Å². The van der Waals surface area contributed by atoms with E-state index in [4.69, 9.17) is 44.9 Å². The maximum Gasteiger partial charge on any atom is 0.186 e. The molecule has 0 saturated heterocycles. The van der Waals surface area contributed by atoms with Gasteiger partial charge in [-0.25, -0.2) is 0 Å². The molecule has 5 nitrogen and oxygen atoms in total. The topological polar surface area (TPSA) is 54.9 Å². The second kappa shape index (κ2) is 10.2. The Balaban J connectivity index is 2.09. The van der Waals surface area contributed by atoms with Gasteiger partial charge < -0.3 is 14.8 Å². The minimum atomic E-state index is 0.350. The molecule has 2 aromatic rings. The molecule has 8 heteroatoms. The molecule has 2 N–H and O–H groups in total. The van der Waals surface area contributed by atoms with Crippen LogP contribution in [0.25, 0.3) is 0 Å². The van der Waals surface area contributed by atoms with Crippen molar-refractivity contribution in [1.82, 2.24) is 10.7 Å². The van der Waals surface area contributed by atoms with Gasteiger partial charge in [0.15, 0.2) is 16.6 Å². The van der Waals surface area contributed by atoms with Gasteiger partial charge in [0.1, 0.15) is 6.61 Å². The number of benzene rings is 2. The number of halogens is 2. The van der Waals surface area contributed by atoms with Crippen LogP contribution in [0.5, 0.6) is 11.5 Å². The second-order valence-electron chi connectivity index (χ2n) is 5.13. The van der Waals surface area contributed by atoms with Crippen molar-refractivity contribution in [2.45, 2.75) is 13.5 Å². The van der Waals surface area contributed by atoms with Crippen LogP contribution in [0, 0.1) is 0 Å². The summed E-state index contributed by atoms with van der Waals surface area (Å²) in [7, 11) is 1.72. The Hall–Kier alpha value is -2.02. The van der Waals surface area contributed by atoms with Crippen molar-refractivity contribution in [2.75, 3.05) is 13.7 Å². The highest BCUT2D eigenvalue weighted by Gasteiger charge is 2.07. The number of nitrogens with one attached hydrogen (secondary N) is 2. The van der Waals surface area contributed by atoms with Gasteiger partial charge in [0.05, 0.1) is 22.9 Å². The zero-order chi connectivity index (χ0) is 18.9. The van der Waals surface area contributed by atoms with Crippen LogP contribution in [0.1, 0.15) is 18.1 Å². The summed E-state index contributed by atoms with van der Waals surface area (Å²) >= 11 is 16.9. The quantitative estimate of drug-likeness (QED) is 0.401. The Morgan fingerprint density at radius 2 is 1.92 bits per heavy atom. The first kappa shape index (κ1) is 20.3. The predicted molar refractivity (Wildman–Crippen MR) is 111 cm³/mol. The van der Waals surface area contributed by atoms with Gasteiger partial charge in [0.2, 0.25) is 0 Å². The first-order valence-electron chi connectivity index (χ1n) is 7.87. The van der Waals surface area contributed by atoms with Crippen LogP contribution < -0.4 is 20.2 Å². The number of ether oxygens (including phenoxy) is 2. The van der Waals surface area contributed by atoms with E-state index in [1.807, 2.05) is 31.2 Å². The van der Waals surface area contributed by atoms with Crippen LogP contribution >= 0.6 is 35.4 Å². The molecule has 26 heavy (non-hydrogen) atoms. The van der Waals surface area contributed by atoms with E-state index in [2.05, 4.69) is 15.8 Å². The molecular weight excluding hydrogens is 393 g/mol. The standard InChI is InChI=1S/C18H19Cl2N3O2S/c1-3-24-17-9-12(10-22-23-18(26)21-2)5-7-16(17)25-11-13-4-6-14(19)15(20)8-13/h4-10H,3,11H2,1-2H3,(H2,21,23,26). The van der Waals surface area contributed by atoms with Crippen LogP contribution in [-0.4, -0.2) is 25.0 Å². The molecule has 0 aliphatic rings. The SMILES string of the molecule is CCOc1cc(C=NNC(=S)NC)ccc1OCc1ccc(Cl)c(Cl)c1. The summed E-state index contributed by atoms with van der Waals surface area (Å²) in [5.41, 5.74) is 4.46. The summed E-state index contributed by atoms with van der Waals surface area (Å²) in [6.45, 7) is 2.78. The average Bonchev–Trinajstić information content (AvgIpc) is 2.64. The molecule has 0 aromatic heterocycles. The molecule has 0 atom stereocenters. The maximum absolute atomic E-state index is 6.03. The molecule has 0 radical (unpaired) electrons. The maximum atomic E-state index is 6.03. The first-order chi connectivity index (χ1) is 12.5. The Kier molecular flexibility index (Phi) is 7.97. The minimum Gasteiger partial charge on any atom is -0.490 e. The third-order valence-electron chi connectivity index (χ3n) is 3.25. The van der Waals surface area contributed by atoms with E-state index in [0.29, 0.717) is 39.9 Å². The summed E-state index contributed by atoms with van der Waals surface area (Å²) in [5, 5.41) is 8.28. The lowest BCUT2D eigenvalue weighted by atomic mass is 10.2. The van der Waals surface area contributed by atoms with Crippen molar-refractivity contribution in [3.05, 3.63) is 57.6 Å². The fourth-order valence-corrected chi connectivity index (χ4v) is 2.38. The highest BCUT2D eigenvalue weighted by Crippen LogP contribution is 2.29. The number of hydrazone groups is 1. The molecular formula is C18H19Cl2N3O2S. The molecule has 0 unspecified atom stereocenters. The Bertz CT molecular complexity index is 800. The van der Waals surface area contributed by atoms with Crippen molar-refractivity contribution < 1.29 is 9.47 Å². The second-order valence-corrected chi connectivity index (χ2v) is 6.35. The number of hydrogen-bond acceptors (Lipinski definition) is 4. The molecule has 2 aromatic carbocycles. The van der Waals surface area contributed by atoms with Gasteiger partial charge in [-0.3, -0.25) is 5.43 Å². The van der Waals surface area contributed by atoms with Crippen molar-refractivity contribution in [1.29, 1.82) is 0 Å². The van der Waals surface area contributed by atoms with Crippen molar-refractivity contribution in [2.24, 2.45) is 5.10 Å². The van der Waals surface area contributed by atoms with E-state index >= 15 is 0 Å². The van der Waals surface area contributed by atoms with Crippen LogP contribution in [0.15, 0.2) is 41.5 Å². The van der Waals surface area contributed by atoms with Gasteiger partial charge in [0, 0.05) is 7.05 Å². The lowest BCUT2D eigenvalue weighted by Gasteiger charge is -2.13. The highest BCUT2D eigenvalue weighted by molar-refractivity contribution is 7.80. The van der Waals surface area contributed by atoms with Crippen LogP contribution in [-0.2, 0) is 6.61 Å². The third kappa shape index (κ3) is 6.05. The Morgan fingerprint density at radius 1 is 1.12 bits per heavy atom. The molecule has 0 spiro atoms.